The Hall–Kier alpha value is -1.56. The monoisotopic (exact) mass is 290 g/mol. The molecular weight excluding hydrogens is 272 g/mol. The molecule has 0 saturated heterocycles. The molecule has 2 atom stereocenters. The normalized spacial score (nSPS) is 22.9. The van der Waals surface area contributed by atoms with Crippen molar-refractivity contribution in [2.45, 2.75) is 37.0 Å². The molecule has 0 unspecified atom stereocenters. The average Bonchev–Trinajstić information content (AvgIpc) is 2.94. The summed E-state index contributed by atoms with van der Waals surface area (Å²) in [6.07, 6.45) is 6.75. The molecule has 6 heteroatoms. The molecule has 0 bridgehead atoms. The van der Waals surface area contributed by atoms with Gasteiger partial charge in [-0.25, -0.2) is 0 Å². The number of hydrogen-bond donors (Lipinski definition) is 2. The van der Waals surface area contributed by atoms with Gasteiger partial charge in [0.15, 0.2) is 0 Å². The molecule has 0 aliphatic heterocycles. The number of H-pyrrole nitrogens is 1. The zero-order valence-electron chi connectivity index (χ0n) is 11.4. The molecule has 0 spiro atoms. The standard InChI is InChI=1S/C14H18N4OS/c1-20-11-4-2-3-10(8-11)15-14(19)9-5-6-12-13(7-9)17-18-16-12/h5-7,10-11H,2-4,8H2,1H3,(H,15,19)(H,16,17,18)/t10-,11+/m0/s1. The van der Waals surface area contributed by atoms with Crippen LogP contribution in [-0.4, -0.2) is 38.9 Å². The number of fused-ring (bicyclic) bond motifs is 1. The second kappa shape index (κ2) is 5.83. The van der Waals surface area contributed by atoms with E-state index in [1.807, 2.05) is 17.8 Å². The van der Waals surface area contributed by atoms with Crippen LogP contribution in [0.1, 0.15) is 36.0 Å². The topological polar surface area (TPSA) is 70.7 Å². The van der Waals surface area contributed by atoms with E-state index in [1.54, 1.807) is 12.1 Å². The number of benzene rings is 1. The summed E-state index contributed by atoms with van der Waals surface area (Å²) in [4.78, 5) is 12.3. The fourth-order valence-electron chi connectivity index (χ4n) is 2.74. The average molecular weight is 290 g/mol. The molecule has 106 valence electrons. The predicted molar refractivity (Wildman–Crippen MR) is 80.9 cm³/mol. The van der Waals surface area contributed by atoms with Crippen LogP contribution >= 0.6 is 11.8 Å². The van der Waals surface area contributed by atoms with E-state index < -0.39 is 0 Å². The Morgan fingerprint density at radius 1 is 1.35 bits per heavy atom. The summed E-state index contributed by atoms with van der Waals surface area (Å²) in [6, 6.07) is 5.69. The molecule has 1 saturated carbocycles. The summed E-state index contributed by atoms with van der Waals surface area (Å²) in [6.45, 7) is 0. The number of amides is 1. The quantitative estimate of drug-likeness (QED) is 0.910. The van der Waals surface area contributed by atoms with Crippen LogP contribution in [0.2, 0.25) is 0 Å². The minimum absolute atomic E-state index is 0.0124. The number of nitrogens with one attached hydrogen (secondary N) is 2. The molecule has 1 aromatic heterocycles. The van der Waals surface area contributed by atoms with Crippen LogP contribution in [-0.2, 0) is 0 Å². The zero-order chi connectivity index (χ0) is 13.9. The molecule has 1 heterocycles. The number of nitrogens with zero attached hydrogens (tertiary/aromatic N) is 2. The van der Waals surface area contributed by atoms with Crippen LogP contribution in [0.15, 0.2) is 18.2 Å². The van der Waals surface area contributed by atoms with Crippen molar-refractivity contribution in [3.05, 3.63) is 23.8 Å². The van der Waals surface area contributed by atoms with Crippen molar-refractivity contribution in [3.8, 4) is 0 Å². The van der Waals surface area contributed by atoms with Gasteiger partial charge in [-0.15, -0.1) is 0 Å². The molecule has 1 aliphatic carbocycles. The molecule has 0 radical (unpaired) electrons. The lowest BCUT2D eigenvalue weighted by Gasteiger charge is -2.28. The van der Waals surface area contributed by atoms with Gasteiger partial charge in [0.2, 0.25) is 0 Å². The van der Waals surface area contributed by atoms with Gasteiger partial charge in [0, 0.05) is 16.9 Å². The Labute approximate surface area is 121 Å². The lowest BCUT2D eigenvalue weighted by atomic mass is 9.94. The number of rotatable bonds is 3. The van der Waals surface area contributed by atoms with Gasteiger partial charge in [-0.2, -0.15) is 27.2 Å². The fourth-order valence-corrected chi connectivity index (χ4v) is 3.57. The summed E-state index contributed by atoms with van der Waals surface area (Å²) < 4.78 is 0. The van der Waals surface area contributed by atoms with Crippen molar-refractivity contribution in [2.75, 3.05) is 6.26 Å². The van der Waals surface area contributed by atoms with E-state index in [1.165, 1.54) is 12.8 Å². The van der Waals surface area contributed by atoms with Crippen LogP contribution in [0.25, 0.3) is 11.0 Å². The highest BCUT2D eigenvalue weighted by Gasteiger charge is 2.23. The summed E-state index contributed by atoms with van der Waals surface area (Å²) >= 11 is 1.90. The minimum atomic E-state index is -0.0124. The number of aromatic amines is 1. The maximum absolute atomic E-state index is 12.3. The van der Waals surface area contributed by atoms with Gasteiger partial charge in [-0.05, 0) is 43.7 Å². The van der Waals surface area contributed by atoms with Crippen molar-refractivity contribution in [1.29, 1.82) is 0 Å². The molecule has 1 aliphatic rings. The van der Waals surface area contributed by atoms with E-state index in [0.29, 0.717) is 16.9 Å². The molecule has 3 rings (SSSR count). The van der Waals surface area contributed by atoms with Crippen LogP contribution in [0, 0.1) is 0 Å². The first-order chi connectivity index (χ1) is 9.76. The second-order valence-corrected chi connectivity index (χ2v) is 6.36. The molecule has 20 heavy (non-hydrogen) atoms. The number of thioether (sulfide) groups is 1. The van der Waals surface area contributed by atoms with E-state index in [2.05, 4.69) is 27.0 Å². The SMILES string of the molecule is CS[C@@H]1CCC[C@H](NC(=O)c2ccc3n[nH]nc3c2)C1. The van der Waals surface area contributed by atoms with Gasteiger partial charge in [0.25, 0.3) is 5.91 Å². The first-order valence-electron chi connectivity index (χ1n) is 6.90. The third kappa shape index (κ3) is 2.80. The summed E-state index contributed by atoms with van der Waals surface area (Å²) in [5, 5.41) is 14.4. The summed E-state index contributed by atoms with van der Waals surface area (Å²) in [5.41, 5.74) is 2.16. The lowest BCUT2D eigenvalue weighted by Crippen LogP contribution is -2.39. The summed E-state index contributed by atoms with van der Waals surface area (Å²) in [5.74, 6) is -0.0124. The predicted octanol–water partition coefficient (Wildman–Crippen LogP) is 2.36. The van der Waals surface area contributed by atoms with E-state index >= 15 is 0 Å². The molecule has 1 amide bonds. The first kappa shape index (κ1) is 13.4. The zero-order valence-corrected chi connectivity index (χ0v) is 12.2. The Morgan fingerprint density at radius 2 is 2.20 bits per heavy atom. The van der Waals surface area contributed by atoms with Crippen LogP contribution in [0.4, 0.5) is 0 Å². The highest BCUT2D eigenvalue weighted by atomic mass is 32.2. The smallest absolute Gasteiger partial charge is 0.251 e. The first-order valence-corrected chi connectivity index (χ1v) is 8.19. The Bertz CT molecular complexity index is 612. The van der Waals surface area contributed by atoms with Crippen LogP contribution in [0.3, 0.4) is 0 Å². The number of aromatic nitrogens is 3. The summed E-state index contributed by atoms with van der Waals surface area (Å²) in [7, 11) is 0. The molecule has 2 aromatic rings. The van der Waals surface area contributed by atoms with Gasteiger partial charge in [-0.1, -0.05) is 6.42 Å². The van der Waals surface area contributed by atoms with Crippen molar-refractivity contribution in [2.24, 2.45) is 0 Å². The Morgan fingerprint density at radius 3 is 3.05 bits per heavy atom. The van der Waals surface area contributed by atoms with E-state index in [4.69, 9.17) is 0 Å². The van der Waals surface area contributed by atoms with E-state index in [9.17, 15) is 4.79 Å². The largest absolute Gasteiger partial charge is 0.349 e. The molecule has 1 fully saturated rings. The maximum Gasteiger partial charge on any atom is 0.251 e. The number of hydrogen-bond acceptors (Lipinski definition) is 4. The van der Waals surface area contributed by atoms with Gasteiger partial charge < -0.3 is 5.32 Å². The van der Waals surface area contributed by atoms with Gasteiger partial charge in [0.05, 0.1) is 0 Å². The maximum atomic E-state index is 12.3. The Balaban J connectivity index is 1.69. The van der Waals surface area contributed by atoms with E-state index in [0.717, 1.165) is 23.9 Å². The lowest BCUT2D eigenvalue weighted by molar-refractivity contribution is 0.0928. The third-order valence-electron chi connectivity index (χ3n) is 3.87. The van der Waals surface area contributed by atoms with Crippen molar-refractivity contribution >= 4 is 28.7 Å². The van der Waals surface area contributed by atoms with Crippen molar-refractivity contribution in [1.82, 2.24) is 20.7 Å². The van der Waals surface area contributed by atoms with Gasteiger partial charge in [0.1, 0.15) is 11.0 Å². The van der Waals surface area contributed by atoms with E-state index in [-0.39, 0.29) is 5.91 Å². The Kier molecular flexibility index (Phi) is 3.91. The van der Waals surface area contributed by atoms with Gasteiger partial charge in [-0.3, -0.25) is 4.79 Å². The third-order valence-corrected chi connectivity index (χ3v) is 4.97. The molecule has 2 N–H and O–H groups in total. The molecule has 5 nitrogen and oxygen atoms in total. The fraction of sp³-hybridized carbons (Fsp3) is 0.500. The molecular formula is C14H18N4OS. The number of carbonyl (C=O) groups is 1. The highest BCUT2D eigenvalue weighted by molar-refractivity contribution is 7.99. The molecule has 1 aromatic carbocycles. The van der Waals surface area contributed by atoms with Crippen LogP contribution in [0.5, 0.6) is 0 Å². The van der Waals surface area contributed by atoms with Crippen LogP contribution < -0.4 is 5.32 Å². The van der Waals surface area contributed by atoms with Crippen molar-refractivity contribution < 1.29 is 4.79 Å². The minimum Gasteiger partial charge on any atom is -0.349 e. The van der Waals surface area contributed by atoms with Crippen molar-refractivity contribution in [3.63, 3.8) is 0 Å². The van der Waals surface area contributed by atoms with Gasteiger partial charge >= 0.3 is 0 Å². The second-order valence-electron chi connectivity index (χ2n) is 5.22. The number of carbonyl (C=O) groups excluding carboxylic acids is 1. The highest BCUT2D eigenvalue weighted by Crippen LogP contribution is 2.27.